The van der Waals surface area contributed by atoms with Crippen LogP contribution in [0.3, 0.4) is 0 Å². The van der Waals surface area contributed by atoms with Gasteiger partial charge in [-0.05, 0) is 30.7 Å². The minimum atomic E-state index is -0.0702. The van der Waals surface area contributed by atoms with E-state index in [-0.39, 0.29) is 24.1 Å². The minimum absolute atomic E-state index is 0.0184. The second kappa shape index (κ2) is 9.63. The van der Waals surface area contributed by atoms with E-state index in [1.54, 1.807) is 0 Å². The maximum absolute atomic E-state index is 11.8. The molecule has 1 aromatic carbocycles. The number of esters is 1. The monoisotopic (exact) mass is 330 g/mol. The van der Waals surface area contributed by atoms with Gasteiger partial charge in [0.05, 0.1) is 18.6 Å². The van der Waals surface area contributed by atoms with Crippen LogP contribution < -0.4 is 0 Å². The van der Waals surface area contributed by atoms with Crippen LogP contribution in [-0.2, 0) is 20.9 Å². The molecule has 1 fully saturated rings. The van der Waals surface area contributed by atoms with Crippen molar-refractivity contribution in [2.75, 3.05) is 0 Å². The van der Waals surface area contributed by atoms with E-state index in [0.29, 0.717) is 12.5 Å². The van der Waals surface area contributed by atoms with Crippen LogP contribution in [0, 0.1) is 11.8 Å². The molecule has 24 heavy (non-hydrogen) atoms. The lowest BCUT2D eigenvalue weighted by Gasteiger charge is -2.28. The fraction of sp³-hybridized carbons (Fsp3) is 0.571. The Morgan fingerprint density at radius 1 is 1.25 bits per heavy atom. The molecule has 132 valence electrons. The average Bonchev–Trinajstić information content (AvgIpc) is 2.56. The molecule has 1 aliphatic rings. The molecule has 0 bridgehead atoms. The molecule has 3 nitrogen and oxygen atoms in total. The molecule has 0 amide bonds. The molecule has 0 N–H and O–H groups in total. The lowest BCUT2D eigenvalue weighted by Crippen LogP contribution is -2.32. The van der Waals surface area contributed by atoms with Gasteiger partial charge in [0.15, 0.2) is 0 Å². The summed E-state index contributed by atoms with van der Waals surface area (Å²) in [5.74, 6) is 0.588. The van der Waals surface area contributed by atoms with Crippen molar-refractivity contribution in [1.82, 2.24) is 0 Å². The number of hydrogen-bond donors (Lipinski definition) is 0. The second-order valence-corrected chi connectivity index (χ2v) is 7.17. The number of hydrogen-bond acceptors (Lipinski definition) is 3. The average molecular weight is 330 g/mol. The summed E-state index contributed by atoms with van der Waals surface area (Å²) in [6.07, 6.45) is 7.88. The molecular weight excluding hydrogens is 300 g/mol. The molecule has 3 atom stereocenters. The molecule has 1 aliphatic heterocycles. The summed E-state index contributed by atoms with van der Waals surface area (Å²) in [4.78, 5) is 11.8. The van der Waals surface area contributed by atoms with E-state index in [1.807, 2.05) is 25.1 Å². The highest BCUT2D eigenvalue weighted by Gasteiger charge is 2.28. The van der Waals surface area contributed by atoms with Gasteiger partial charge in [0.2, 0.25) is 0 Å². The van der Waals surface area contributed by atoms with Gasteiger partial charge in [0.25, 0.3) is 0 Å². The van der Waals surface area contributed by atoms with Crippen LogP contribution in [0.2, 0.25) is 0 Å². The quantitative estimate of drug-likeness (QED) is 0.502. The molecule has 2 rings (SSSR count). The summed E-state index contributed by atoms with van der Waals surface area (Å²) >= 11 is 0. The van der Waals surface area contributed by atoms with Crippen molar-refractivity contribution >= 4 is 5.97 Å². The second-order valence-electron chi connectivity index (χ2n) is 7.17. The van der Waals surface area contributed by atoms with Gasteiger partial charge in [-0.2, -0.15) is 0 Å². The van der Waals surface area contributed by atoms with Crippen molar-refractivity contribution in [3.63, 3.8) is 0 Å². The zero-order chi connectivity index (χ0) is 17.4. The number of cyclic esters (lactones) is 1. The third kappa shape index (κ3) is 6.48. The van der Waals surface area contributed by atoms with Crippen molar-refractivity contribution in [3.8, 4) is 0 Å². The Labute approximate surface area is 146 Å². The number of carbonyl (C=O) groups is 1. The summed E-state index contributed by atoms with van der Waals surface area (Å²) in [6.45, 7) is 6.92. The summed E-state index contributed by atoms with van der Waals surface area (Å²) in [5.41, 5.74) is 1.16. The first-order chi connectivity index (χ1) is 11.5. The molecule has 0 radical (unpaired) electrons. The lowest BCUT2D eigenvalue weighted by molar-refractivity contribution is -0.161. The van der Waals surface area contributed by atoms with Gasteiger partial charge >= 0.3 is 5.97 Å². The third-order valence-electron chi connectivity index (χ3n) is 4.37. The van der Waals surface area contributed by atoms with Crippen LogP contribution in [0.25, 0.3) is 0 Å². The van der Waals surface area contributed by atoms with E-state index in [0.717, 1.165) is 31.2 Å². The number of allylic oxidation sites excluding steroid dienone is 1. The van der Waals surface area contributed by atoms with Gasteiger partial charge in [-0.1, -0.05) is 63.3 Å². The summed E-state index contributed by atoms with van der Waals surface area (Å²) < 4.78 is 11.7. The third-order valence-corrected chi connectivity index (χ3v) is 4.37. The van der Waals surface area contributed by atoms with E-state index < -0.39 is 0 Å². The molecule has 1 heterocycles. The minimum Gasteiger partial charge on any atom is -0.462 e. The van der Waals surface area contributed by atoms with Gasteiger partial charge < -0.3 is 9.47 Å². The standard InChI is InChI=1S/C21H30O3/c1-16(2)8-7-11-19(23-15-18-9-5-4-6-10-18)14-20-13-12-17(3)21(22)24-20/h4-7,9-11,16-17,19-20H,8,12-15H2,1-3H3/b11-7+/t17-,19-,20-/m0/s1. The van der Waals surface area contributed by atoms with E-state index in [1.165, 1.54) is 0 Å². The van der Waals surface area contributed by atoms with Crippen molar-refractivity contribution in [1.29, 1.82) is 0 Å². The summed E-state index contributed by atoms with van der Waals surface area (Å²) in [6, 6.07) is 10.2. The van der Waals surface area contributed by atoms with Gasteiger partial charge in [0, 0.05) is 6.42 Å². The van der Waals surface area contributed by atoms with Crippen molar-refractivity contribution in [3.05, 3.63) is 48.0 Å². The predicted molar refractivity (Wildman–Crippen MR) is 96.5 cm³/mol. The van der Waals surface area contributed by atoms with Crippen molar-refractivity contribution in [2.24, 2.45) is 11.8 Å². The van der Waals surface area contributed by atoms with Crippen LogP contribution in [0.5, 0.6) is 0 Å². The highest BCUT2D eigenvalue weighted by Crippen LogP contribution is 2.24. The van der Waals surface area contributed by atoms with Crippen LogP contribution in [0.1, 0.15) is 52.0 Å². The Hall–Kier alpha value is -1.61. The van der Waals surface area contributed by atoms with Crippen LogP contribution in [0.4, 0.5) is 0 Å². The summed E-state index contributed by atoms with van der Waals surface area (Å²) in [7, 11) is 0. The maximum Gasteiger partial charge on any atom is 0.308 e. The number of benzene rings is 1. The van der Waals surface area contributed by atoms with E-state index in [2.05, 4.69) is 38.1 Å². The highest BCUT2D eigenvalue weighted by atomic mass is 16.5. The fourth-order valence-corrected chi connectivity index (χ4v) is 2.80. The molecule has 1 aromatic rings. The molecule has 0 aromatic heterocycles. The normalized spacial score (nSPS) is 22.8. The summed E-state index contributed by atoms with van der Waals surface area (Å²) in [5, 5.41) is 0. The Morgan fingerprint density at radius 3 is 2.67 bits per heavy atom. The largest absolute Gasteiger partial charge is 0.462 e. The molecule has 3 heteroatoms. The van der Waals surface area contributed by atoms with E-state index in [4.69, 9.17) is 9.47 Å². The van der Waals surface area contributed by atoms with Gasteiger partial charge in [-0.15, -0.1) is 0 Å². The first kappa shape index (κ1) is 18.7. The first-order valence-corrected chi connectivity index (χ1v) is 9.07. The van der Waals surface area contributed by atoms with Gasteiger partial charge in [-0.25, -0.2) is 0 Å². The SMILES string of the molecule is CC(C)C/C=C/[C@@H](C[C@@H]1CC[C@H](C)C(=O)O1)OCc1ccccc1. The number of carbonyl (C=O) groups excluding carboxylic acids is 1. The highest BCUT2D eigenvalue weighted by molar-refractivity contribution is 5.72. The zero-order valence-corrected chi connectivity index (χ0v) is 15.1. The Bertz CT molecular complexity index is 521. The molecule has 0 saturated carbocycles. The molecule has 0 unspecified atom stereocenters. The van der Waals surface area contributed by atoms with E-state index >= 15 is 0 Å². The topological polar surface area (TPSA) is 35.5 Å². The van der Waals surface area contributed by atoms with Gasteiger partial charge in [0.1, 0.15) is 6.10 Å². The molecular formula is C21H30O3. The van der Waals surface area contributed by atoms with Crippen LogP contribution >= 0.6 is 0 Å². The fourth-order valence-electron chi connectivity index (χ4n) is 2.80. The van der Waals surface area contributed by atoms with Crippen LogP contribution in [-0.4, -0.2) is 18.2 Å². The first-order valence-electron chi connectivity index (χ1n) is 9.07. The predicted octanol–water partition coefficient (Wildman–Crippen LogP) is 4.91. The maximum atomic E-state index is 11.8. The van der Waals surface area contributed by atoms with Gasteiger partial charge in [-0.3, -0.25) is 4.79 Å². The Morgan fingerprint density at radius 2 is 2.00 bits per heavy atom. The zero-order valence-electron chi connectivity index (χ0n) is 15.1. The van der Waals surface area contributed by atoms with Crippen molar-refractivity contribution < 1.29 is 14.3 Å². The Balaban J connectivity index is 1.91. The molecule has 1 saturated heterocycles. The van der Waals surface area contributed by atoms with Crippen molar-refractivity contribution in [2.45, 2.75) is 65.3 Å². The number of rotatable bonds is 8. The smallest absolute Gasteiger partial charge is 0.308 e. The number of ether oxygens (including phenoxy) is 2. The molecule has 0 spiro atoms. The lowest BCUT2D eigenvalue weighted by atomic mass is 9.96. The Kier molecular flexibility index (Phi) is 7.51. The van der Waals surface area contributed by atoms with Crippen LogP contribution in [0.15, 0.2) is 42.5 Å². The molecule has 0 aliphatic carbocycles. The van der Waals surface area contributed by atoms with E-state index in [9.17, 15) is 4.79 Å².